The van der Waals surface area contributed by atoms with Gasteiger partial charge < -0.3 is 16.0 Å². The Balaban J connectivity index is 1.58. The Morgan fingerprint density at radius 1 is 0.952 bits per heavy atom. The molecule has 5 heteroatoms. The highest BCUT2D eigenvalue weighted by atomic mass is 16.2. The van der Waals surface area contributed by atoms with Crippen LogP contribution in [0.4, 0.5) is 4.79 Å². The highest BCUT2D eigenvalue weighted by Gasteiger charge is 2.15. The Kier molecular flexibility index (Phi) is 6.06. The number of urea groups is 1. The van der Waals surface area contributed by atoms with Crippen LogP contribution in [0.25, 0.3) is 0 Å². The molecule has 0 radical (unpaired) electrons. The fourth-order valence-corrected chi connectivity index (χ4v) is 2.53. The summed E-state index contributed by atoms with van der Waals surface area (Å²) in [7, 11) is 0. The van der Waals surface area contributed by atoms with E-state index in [4.69, 9.17) is 0 Å². The second kappa shape index (κ2) is 8.29. The highest BCUT2D eigenvalue weighted by Crippen LogP contribution is 2.16. The summed E-state index contributed by atoms with van der Waals surface area (Å²) in [4.78, 5) is 23.5. The van der Waals surface area contributed by atoms with Crippen LogP contribution >= 0.6 is 0 Å². The van der Waals surface area contributed by atoms with Gasteiger partial charge in [0, 0.05) is 24.7 Å². The topological polar surface area (TPSA) is 70.2 Å². The maximum atomic E-state index is 11.8. The van der Waals surface area contributed by atoms with Gasteiger partial charge in [0.15, 0.2) is 0 Å². The fraction of sp³-hybridized carbons (Fsp3) is 0.500. The maximum absolute atomic E-state index is 11.8. The Morgan fingerprint density at radius 2 is 1.62 bits per heavy atom. The SMILES string of the molecule is O=C(NCCNC(=O)c1ccccc1)NC1CCCCC1. The third kappa shape index (κ3) is 5.45. The number of hydrogen-bond donors (Lipinski definition) is 3. The van der Waals surface area contributed by atoms with E-state index in [0.717, 1.165) is 12.8 Å². The number of benzene rings is 1. The van der Waals surface area contributed by atoms with E-state index < -0.39 is 0 Å². The molecule has 1 aliphatic rings. The van der Waals surface area contributed by atoms with Crippen molar-refractivity contribution in [3.63, 3.8) is 0 Å². The molecule has 1 aliphatic carbocycles. The summed E-state index contributed by atoms with van der Waals surface area (Å²) in [5, 5.41) is 8.52. The standard InChI is InChI=1S/C16H23N3O2/c20-15(13-7-3-1-4-8-13)17-11-12-18-16(21)19-14-9-5-2-6-10-14/h1,3-4,7-8,14H,2,5-6,9-12H2,(H,17,20)(H2,18,19,21). The predicted octanol–water partition coefficient (Wildman–Crippen LogP) is 2.05. The monoisotopic (exact) mass is 289 g/mol. The number of carbonyl (C=O) groups excluding carboxylic acids is 2. The van der Waals surface area contributed by atoms with E-state index in [9.17, 15) is 9.59 Å². The molecule has 0 heterocycles. The summed E-state index contributed by atoms with van der Waals surface area (Å²) in [5.41, 5.74) is 0.629. The number of nitrogens with one attached hydrogen (secondary N) is 3. The lowest BCUT2D eigenvalue weighted by molar-refractivity contribution is 0.0954. The molecular weight excluding hydrogens is 266 g/mol. The van der Waals surface area contributed by atoms with Crippen molar-refractivity contribution in [1.82, 2.24) is 16.0 Å². The first-order valence-corrected chi connectivity index (χ1v) is 7.63. The van der Waals surface area contributed by atoms with Gasteiger partial charge in [-0.2, -0.15) is 0 Å². The van der Waals surface area contributed by atoms with Gasteiger partial charge in [0.1, 0.15) is 0 Å². The van der Waals surface area contributed by atoms with Crippen molar-refractivity contribution in [1.29, 1.82) is 0 Å². The molecule has 3 N–H and O–H groups in total. The number of amides is 3. The van der Waals surface area contributed by atoms with Crippen LogP contribution in [-0.2, 0) is 0 Å². The van der Waals surface area contributed by atoms with Gasteiger partial charge in [-0.05, 0) is 25.0 Å². The van der Waals surface area contributed by atoms with E-state index >= 15 is 0 Å². The van der Waals surface area contributed by atoms with Gasteiger partial charge in [-0.25, -0.2) is 4.79 Å². The normalized spacial score (nSPS) is 15.2. The largest absolute Gasteiger partial charge is 0.350 e. The van der Waals surface area contributed by atoms with Gasteiger partial charge in [-0.1, -0.05) is 37.5 Å². The molecule has 0 bridgehead atoms. The predicted molar refractivity (Wildman–Crippen MR) is 82.2 cm³/mol. The van der Waals surface area contributed by atoms with Crippen LogP contribution < -0.4 is 16.0 Å². The van der Waals surface area contributed by atoms with Crippen molar-refractivity contribution in [3.05, 3.63) is 35.9 Å². The Bertz CT molecular complexity index is 456. The van der Waals surface area contributed by atoms with Crippen LogP contribution in [0.1, 0.15) is 42.5 Å². The number of rotatable bonds is 5. The average Bonchev–Trinajstić information content (AvgIpc) is 2.53. The Labute approximate surface area is 125 Å². The van der Waals surface area contributed by atoms with Crippen LogP contribution in [0, 0.1) is 0 Å². The van der Waals surface area contributed by atoms with Crippen molar-refractivity contribution in [2.75, 3.05) is 13.1 Å². The van der Waals surface area contributed by atoms with Gasteiger partial charge in [-0.15, -0.1) is 0 Å². The molecule has 2 rings (SSSR count). The molecule has 3 amide bonds. The molecule has 21 heavy (non-hydrogen) atoms. The average molecular weight is 289 g/mol. The summed E-state index contributed by atoms with van der Waals surface area (Å²) in [6, 6.07) is 9.20. The zero-order chi connectivity index (χ0) is 14.9. The van der Waals surface area contributed by atoms with Gasteiger partial charge >= 0.3 is 6.03 Å². The molecule has 1 aromatic rings. The number of hydrogen-bond acceptors (Lipinski definition) is 2. The lowest BCUT2D eigenvalue weighted by atomic mass is 9.96. The van der Waals surface area contributed by atoms with Crippen LogP contribution in [0.15, 0.2) is 30.3 Å². The zero-order valence-corrected chi connectivity index (χ0v) is 12.2. The lowest BCUT2D eigenvalue weighted by Crippen LogP contribution is -2.45. The van der Waals surface area contributed by atoms with E-state index in [-0.39, 0.29) is 11.9 Å². The summed E-state index contributed by atoms with van der Waals surface area (Å²) < 4.78 is 0. The second-order valence-electron chi connectivity index (χ2n) is 5.36. The van der Waals surface area contributed by atoms with Crippen LogP contribution in [-0.4, -0.2) is 31.1 Å². The van der Waals surface area contributed by atoms with E-state index in [2.05, 4.69) is 16.0 Å². The van der Waals surface area contributed by atoms with Crippen molar-refractivity contribution < 1.29 is 9.59 Å². The third-order valence-corrected chi connectivity index (χ3v) is 3.67. The van der Waals surface area contributed by atoms with Crippen molar-refractivity contribution >= 4 is 11.9 Å². The minimum atomic E-state index is -0.143. The molecule has 1 fully saturated rings. The molecule has 0 aliphatic heterocycles. The summed E-state index contributed by atoms with van der Waals surface area (Å²) >= 11 is 0. The summed E-state index contributed by atoms with van der Waals surface area (Å²) in [6.07, 6.45) is 5.79. The van der Waals surface area contributed by atoms with E-state index in [1.807, 2.05) is 18.2 Å². The first kappa shape index (κ1) is 15.4. The van der Waals surface area contributed by atoms with E-state index in [1.165, 1.54) is 19.3 Å². The van der Waals surface area contributed by atoms with Crippen LogP contribution in [0.2, 0.25) is 0 Å². The molecule has 0 unspecified atom stereocenters. The molecule has 0 saturated heterocycles. The fourth-order valence-electron chi connectivity index (χ4n) is 2.53. The van der Waals surface area contributed by atoms with E-state index in [1.54, 1.807) is 12.1 Å². The zero-order valence-electron chi connectivity index (χ0n) is 12.2. The summed E-state index contributed by atoms with van der Waals surface area (Å²) in [6.45, 7) is 0.850. The first-order valence-electron chi connectivity index (χ1n) is 7.63. The van der Waals surface area contributed by atoms with Crippen LogP contribution in [0.5, 0.6) is 0 Å². The van der Waals surface area contributed by atoms with Crippen LogP contribution in [0.3, 0.4) is 0 Å². The Morgan fingerprint density at radius 3 is 2.33 bits per heavy atom. The molecule has 1 saturated carbocycles. The number of carbonyl (C=O) groups is 2. The van der Waals surface area contributed by atoms with Crippen molar-refractivity contribution in [2.45, 2.75) is 38.1 Å². The van der Waals surface area contributed by atoms with Gasteiger partial charge in [0.2, 0.25) is 0 Å². The van der Waals surface area contributed by atoms with Crippen molar-refractivity contribution in [3.8, 4) is 0 Å². The Hall–Kier alpha value is -2.04. The van der Waals surface area contributed by atoms with Crippen molar-refractivity contribution in [2.24, 2.45) is 0 Å². The molecule has 114 valence electrons. The quantitative estimate of drug-likeness (QED) is 0.726. The smallest absolute Gasteiger partial charge is 0.315 e. The molecule has 0 spiro atoms. The molecule has 0 aromatic heterocycles. The molecule has 0 atom stereocenters. The third-order valence-electron chi connectivity index (χ3n) is 3.67. The van der Waals surface area contributed by atoms with E-state index in [0.29, 0.717) is 24.7 Å². The minimum absolute atomic E-state index is 0.120. The maximum Gasteiger partial charge on any atom is 0.315 e. The van der Waals surface area contributed by atoms with Gasteiger partial charge in [0.05, 0.1) is 0 Å². The minimum Gasteiger partial charge on any atom is -0.350 e. The summed E-state index contributed by atoms with van der Waals surface area (Å²) in [5.74, 6) is -0.120. The molecular formula is C16H23N3O2. The second-order valence-corrected chi connectivity index (χ2v) is 5.36. The van der Waals surface area contributed by atoms with Gasteiger partial charge in [0.25, 0.3) is 5.91 Å². The van der Waals surface area contributed by atoms with Gasteiger partial charge in [-0.3, -0.25) is 4.79 Å². The highest BCUT2D eigenvalue weighted by molar-refractivity contribution is 5.94. The molecule has 5 nitrogen and oxygen atoms in total. The molecule has 1 aromatic carbocycles. The first-order chi connectivity index (χ1) is 10.3. The lowest BCUT2D eigenvalue weighted by Gasteiger charge is -2.22.